The summed E-state index contributed by atoms with van der Waals surface area (Å²) in [6, 6.07) is 8.22. The molecule has 0 aliphatic carbocycles. The summed E-state index contributed by atoms with van der Waals surface area (Å²) in [6.45, 7) is 0. The average Bonchev–Trinajstić information content (AvgIpc) is 3.01. The number of amides is 2. The van der Waals surface area contributed by atoms with Gasteiger partial charge < -0.3 is 4.74 Å². The van der Waals surface area contributed by atoms with Gasteiger partial charge in [0, 0.05) is 13.1 Å². The molecule has 0 saturated carbocycles. The average molecular weight is 288 g/mol. The van der Waals surface area contributed by atoms with Gasteiger partial charge in [-0.25, -0.2) is 0 Å². The second-order valence-corrected chi connectivity index (χ2v) is 5.34. The largest absolute Gasteiger partial charge is 0.468 e. The van der Waals surface area contributed by atoms with E-state index in [2.05, 4.69) is 5.32 Å². The van der Waals surface area contributed by atoms with Crippen molar-refractivity contribution in [1.82, 2.24) is 10.2 Å². The smallest absolute Gasteiger partial charge is 0.323 e. The fraction of sp³-hybridized carbons (Fsp3) is 0.400. The van der Waals surface area contributed by atoms with Crippen LogP contribution in [-0.2, 0) is 19.1 Å². The zero-order chi connectivity index (χ0) is 15.1. The Morgan fingerprint density at radius 2 is 1.76 bits per heavy atom. The maximum atomic E-state index is 12.4. The van der Waals surface area contributed by atoms with Gasteiger partial charge in [-0.1, -0.05) is 30.3 Å². The van der Waals surface area contributed by atoms with E-state index in [9.17, 15) is 14.4 Å². The number of methoxy groups -OCH3 is 1. The van der Waals surface area contributed by atoms with Crippen LogP contribution in [-0.4, -0.2) is 42.9 Å². The van der Waals surface area contributed by atoms with Crippen molar-refractivity contribution in [2.75, 3.05) is 14.2 Å². The van der Waals surface area contributed by atoms with E-state index in [1.807, 2.05) is 30.3 Å². The minimum Gasteiger partial charge on any atom is -0.468 e. The van der Waals surface area contributed by atoms with Gasteiger partial charge >= 0.3 is 5.97 Å². The number of hydrogen-bond acceptors (Lipinski definition) is 5. The molecule has 0 unspecified atom stereocenters. The first-order chi connectivity index (χ1) is 10.1. The number of benzene rings is 1. The quantitative estimate of drug-likeness (QED) is 0.617. The summed E-state index contributed by atoms with van der Waals surface area (Å²) < 4.78 is 4.76. The third-order valence-corrected chi connectivity index (χ3v) is 4.31. The van der Waals surface area contributed by atoms with E-state index in [1.165, 1.54) is 14.2 Å². The maximum absolute atomic E-state index is 12.4. The molecule has 1 aromatic rings. The number of likely N-dealkylation sites (tertiary alicyclic amines) is 1. The van der Waals surface area contributed by atoms with E-state index in [-0.39, 0.29) is 17.9 Å². The Labute approximate surface area is 122 Å². The van der Waals surface area contributed by atoms with Crippen LogP contribution in [0, 0.1) is 11.8 Å². The van der Waals surface area contributed by atoms with Crippen LogP contribution >= 0.6 is 0 Å². The molecule has 6 nitrogen and oxygen atoms in total. The Balaban J connectivity index is 2.02. The van der Waals surface area contributed by atoms with Crippen LogP contribution in [0.1, 0.15) is 11.6 Å². The number of ether oxygens (including phenoxy) is 1. The number of rotatable bonds is 2. The third-order valence-electron chi connectivity index (χ3n) is 4.31. The Morgan fingerprint density at radius 1 is 1.14 bits per heavy atom. The molecule has 2 aliphatic rings. The first-order valence-corrected chi connectivity index (χ1v) is 6.76. The fourth-order valence-corrected chi connectivity index (χ4v) is 3.27. The summed E-state index contributed by atoms with van der Waals surface area (Å²) in [7, 11) is 2.74. The molecule has 2 aliphatic heterocycles. The van der Waals surface area contributed by atoms with Gasteiger partial charge in [-0.3, -0.25) is 24.6 Å². The van der Waals surface area contributed by atoms with Crippen LogP contribution in [0.2, 0.25) is 0 Å². The molecule has 0 radical (unpaired) electrons. The van der Waals surface area contributed by atoms with E-state index < -0.39 is 23.8 Å². The van der Waals surface area contributed by atoms with Gasteiger partial charge in [0.15, 0.2) is 0 Å². The lowest BCUT2D eigenvalue weighted by molar-refractivity contribution is -0.147. The van der Waals surface area contributed by atoms with Gasteiger partial charge in [-0.2, -0.15) is 0 Å². The Bertz CT molecular complexity index is 601. The first kappa shape index (κ1) is 13.8. The van der Waals surface area contributed by atoms with Crippen LogP contribution in [0.15, 0.2) is 30.3 Å². The molecule has 0 spiro atoms. The van der Waals surface area contributed by atoms with E-state index in [1.54, 1.807) is 0 Å². The third kappa shape index (κ3) is 1.94. The van der Waals surface area contributed by atoms with Crippen molar-refractivity contribution in [2.45, 2.75) is 12.1 Å². The van der Waals surface area contributed by atoms with Gasteiger partial charge in [-0.15, -0.1) is 0 Å². The predicted octanol–water partition coefficient (Wildman–Crippen LogP) is 0.103. The van der Waals surface area contributed by atoms with Crippen molar-refractivity contribution < 1.29 is 19.1 Å². The monoisotopic (exact) mass is 288 g/mol. The lowest BCUT2D eigenvalue weighted by Crippen LogP contribution is -2.42. The molecule has 2 heterocycles. The van der Waals surface area contributed by atoms with E-state index >= 15 is 0 Å². The molecule has 4 atom stereocenters. The normalized spacial score (nSPS) is 31.4. The van der Waals surface area contributed by atoms with Gasteiger partial charge in [0.1, 0.15) is 6.04 Å². The SMILES string of the molecule is COC(=O)[C@@H]1N[C@H](c2ccccc2)[C@@H]2C(=O)N(C)C(=O)[C@@H]21. The standard InChI is InChI=1S/C15H16N2O4/c1-17-13(18)9-10(14(17)19)12(15(20)21-2)16-11(9)8-6-4-3-5-7-8/h3-7,9-12,16H,1-2H3/t9-,10+,11-,12-/m1/s1. The van der Waals surface area contributed by atoms with Crippen LogP contribution < -0.4 is 5.32 Å². The number of fused-ring (bicyclic) bond motifs is 1. The predicted molar refractivity (Wildman–Crippen MR) is 72.9 cm³/mol. The molecule has 2 fully saturated rings. The van der Waals surface area contributed by atoms with Gasteiger partial charge in [0.05, 0.1) is 18.9 Å². The van der Waals surface area contributed by atoms with Crippen molar-refractivity contribution >= 4 is 17.8 Å². The Morgan fingerprint density at radius 3 is 2.38 bits per heavy atom. The number of carbonyl (C=O) groups excluding carboxylic acids is 3. The number of esters is 1. The van der Waals surface area contributed by atoms with E-state index in [0.717, 1.165) is 10.5 Å². The van der Waals surface area contributed by atoms with Crippen LogP contribution in [0.25, 0.3) is 0 Å². The minimum atomic E-state index is -0.786. The van der Waals surface area contributed by atoms with Gasteiger partial charge in [-0.05, 0) is 5.56 Å². The zero-order valence-corrected chi connectivity index (χ0v) is 11.8. The molecule has 0 aromatic heterocycles. The highest BCUT2D eigenvalue weighted by molar-refractivity contribution is 6.08. The fourth-order valence-electron chi connectivity index (χ4n) is 3.27. The number of carbonyl (C=O) groups is 3. The molecule has 2 saturated heterocycles. The van der Waals surface area contributed by atoms with Crippen molar-refractivity contribution in [3.8, 4) is 0 Å². The maximum Gasteiger partial charge on any atom is 0.323 e. The first-order valence-electron chi connectivity index (χ1n) is 6.76. The summed E-state index contributed by atoms with van der Waals surface area (Å²) in [5, 5.41) is 3.10. The lowest BCUT2D eigenvalue weighted by atomic mass is 9.86. The zero-order valence-electron chi connectivity index (χ0n) is 11.8. The van der Waals surface area contributed by atoms with Gasteiger partial charge in [0.2, 0.25) is 11.8 Å². The number of imide groups is 1. The highest BCUT2D eigenvalue weighted by Gasteiger charge is 2.60. The van der Waals surface area contributed by atoms with Crippen LogP contribution in [0.5, 0.6) is 0 Å². The summed E-state index contributed by atoms with van der Waals surface area (Å²) in [4.78, 5) is 37.7. The summed E-state index contributed by atoms with van der Waals surface area (Å²) in [5.41, 5.74) is 0.885. The van der Waals surface area contributed by atoms with E-state index in [0.29, 0.717) is 0 Å². The minimum absolute atomic E-state index is 0.252. The molecular formula is C15H16N2O4. The second-order valence-electron chi connectivity index (χ2n) is 5.34. The second kappa shape index (κ2) is 4.96. The number of nitrogens with one attached hydrogen (secondary N) is 1. The van der Waals surface area contributed by atoms with Crippen molar-refractivity contribution in [2.24, 2.45) is 11.8 Å². The van der Waals surface area contributed by atoms with Crippen LogP contribution in [0.4, 0.5) is 0 Å². The van der Waals surface area contributed by atoms with Crippen LogP contribution in [0.3, 0.4) is 0 Å². The molecular weight excluding hydrogens is 272 g/mol. The van der Waals surface area contributed by atoms with E-state index in [4.69, 9.17) is 4.74 Å². The topological polar surface area (TPSA) is 75.7 Å². The number of hydrogen-bond donors (Lipinski definition) is 1. The molecule has 3 rings (SSSR count). The highest BCUT2D eigenvalue weighted by Crippen LogP contribution is 2.43. The molecule has 21 heavy (non-hydrogen) atoms. The molecule has 2 amide bonds. The van der Waals surface area contributed by atoms with Crippen molar-refractivity contribution in [1.29, 1.82) is 0 Å². The molecule has 1 aromatic carbocycles. The number of nitrogens with zero attached hydrogens (tertiary/aromatic N) is 1. The lowest BCUT2D eigenvalue weighted by Gasteiger charge is -2.19. The molecule has 1 N–H and O–H groups in total. The summed E-state index contributed by atoms with van der Waals surface area (Å²) in [5.74, 6) is -2.35. The van der Waals surface area contributed by atoms with Crippen molar-refractivity contribution in [3.05, 3.63) is 35.9 Å². The van der Waals surface area contributed by atoms with Crippen molar-refractivity contribution in [3.63, 3.8) is 0 Å². The Hall–Kier alpha value is -2.21. The Kier molecular flexibility index (Phi) is 3.25. The summed E-state index contributed by atoms with van der Waals surface area (Å²) in [6.07, 6.45) is 0. The molecule has 6 heteroatoms. The summed E-state index contributed by atoms with van der Waals surface area (Å²) >= 11 is 0. The molecule has 0 bridgehead atoms. The highest BCUT2D eigenvalue weighted by atomic mass is 16.5. The van der Waals surface area contributed by atoms with Gasteiger partial charge in [0.25, 0.3) is 0 Å². The molecule has 110 valence electrons.